The van der Waals surface area contributed by atoms with Crippen LogP contribution in [0.3, 0.4) is 0 Å². The van der Waals surface area contributed by atoms with Gasteiger partial charge in [-0.1, -0.05) is 361 Å². The molecule has 0 bridgehead atoms. The zero-order valence-corrected chi connectivity index (χ0v) is 85.4. The van der Waals surface area contributed by atoms with Gasteiger partial charge in [-0.15, -0.1) is 47.0 Å². The molecule has 0 saturated heterocycles. The molecule has 10 nitrogen and oxygen atoms in total. The van der Waals surface area contributed by atoms with Crippen molar-refractivity contribution in [1.29, 1.82) is 0 Å². The lowest BCUT2D eigenvalue weighted by atomic mass is 10.0. The maximum atomic E-state index is 13.3. The van der Waals surface area contributed by atoms with Crippen LogP contribution in [0.1, 0.15) is 168 Å². The summed E-state index contributed by atoms with van der Waals surface area (Å²) in [6.45, 7) is 10.5. The predicted molar refractivity (Wildman–Crippen MR) is 568 cm³/mol. The van der Waals surface area contributed by atoms with Gasteiger partial charge in [0.15, 0.2) is 0 Å². The highest BCUT2D eigenvalue weighted by Gasteiger charge is 2.25. The predicted octanol–water partition coefficient (Wildman–Crippen LogP) is 28.0. The smallest absolute Gasteiger partial charge is 0.230 e. The van der Waals surface area contributed by atoms with Gasteiger partial charge in [-0.25, -0.2) is 8.78 Å². The van der Waals surface area contributed by atoms with Crippen LogP contribution in [0.4, 0.5) is 8.78 Å². The van der Waals surface area contributed by atoms with Crippen molar-refractivity contribution < 1.29 is 37.0 Å². The third-order valence-electron chi connectivity index (χ3n) is 20.9. The van der Waals surface area contributed by atoms with Gasteiger partial charge in [0.05, 0.1) is 55.0 Å². The van der Waals surface area contributed by atoms with Gasteiger partial charge < -0.3 is 21.3 Å². The SMILES string of the molecule is CC(=O)CS(=O)C(c1ccc(C)cc1)c1ccc(C)cc1.CCCCNC(=O)CSC(c1ccc(Br)cc1)c1ccc(Br)cc1.O=C(CSC(c1ccc(Br)cc1)c1ccc(Br)cc1)NCCCCc1ccccc1.O=C(CSC(c1ccc(F)cc1)c1ccc(F)cc1)NCCCc1ccccc1.O=C(CSC(c1ccccc1)c1ccccc1)NCCCCc1ccccc1. The molecule has 0 aromatic heterocycles. The molecule has 688 valence electrons. The molecule has 0 aliphatic heterocycles. The second-order valence-corrected chi connectivity index (χ2v) is 41.1. The van der Waals surface area contributed by atoms with Crippen LogP contribution in [0.15, 0.2) is 364 Å². The molecule has 0 radical (unpaired) electrons. The van der Waals surface area contributed by atoms with E-state index in [1.54, 1.807) is 59.6 Å². The lowest BCUT2D eigenvalue weighted by molar-refractivity contribution is -0.119. The van der Waals surface area contributed by atoms with Crippen molar-refractivity contribution in [1.82, 2.24) is 21.3 Å². The van der Waals surface area contributed by atoms with Crippen molar-refractivity contribution in [3.63, 3.8) is 0 Å². The van der Waals surface area contributed by atoms with Gasteiger partial charge in [-0.3, -0.25) is 28.2 Å². The molecule has 13 aromatic rings. The van der Waals surface area contributed by atoms with Gasteiger partial charge in [0.2, 0.25) is 23.6 Å². The summed E-state index contributed by atoms with van der Waals surface area (Å²) in [5.41, 5.74) is 17.3. The van der Waals surface area contributed by atoms with Crippen molar-refractivity contribution in [2.45, 2.75) is 118 Å². The number of hydrogen-bond donors (Lipinski definition) is 4. The van der Waals surface area contributed by atoms with E-state index in [-0.39, 0.29) is 78.8 Å². The molecule has 13 rings (SSSR count). The van der Waals surface area contributed by atoms with E-state index in [9.17, 15) is 37.0 Å². The molecule has 21 heteroatoms. The highest BCUT2D eigenvalue weighted by Crippen LogP contribution is 2.41. The Balaban J connectivity index is 0.000000187. The van der Waals surface area contributed by atoms with Crippen LogP contribution >= 0.6 is 111 Å². The third kappa shape index (κ3) is 40.5. The van der Waals surface area contributed by atoms with E-state index in [1.807, 2.05) is 129 Å². The monoisotopic (exact) mass is 2110 g/mol. The zero-order valence-electron chi connectivity index (χ0n) is 75.0. The summed E-state index contributed by atoms with van der Waals surface area (Å²) >= 11 is 20.4. The van der Waals surface area contributed by atoms with E-state index < -0.39 is 10.8 Å². The maximum absolute atomic E-state index is 13.3. The first kappa shape index (κ1) is 106. The normalized spacial score (nSPS) is 11.1. The molecule has 132 heavy (non-hydrogen) atoms. The Morgan fingerprint density at radius 3 is 0.788 bits per heavy atom. The Morgan fingerprint density at radius 2 is 0.523 bits per heavy atom. The Labute approximate surface area is 833 Å². The molecule has 0 fully saturated rings. The van der Waals surface area contributed by atoms with Gasteiger partial charge in [-0.2, -0.15) is 0 Å². The first-order valence-corrected chi connectivity index (χ1v) is 53.2. The first-order valence-electron chi connectivity index (χ1n) is 44.4. The van der Waals surface area contributed by atoms with E-state index in [0.717, 1.165) is 124 Å². The van der Waals surface area contributed by atoms with Crippen LogP contribution in [0.5, 0.6) is 0 Å². The zero-order chi connectivity index (χ0) is 93.9. The van der Waals surface area contributed by atoms with E-state index in [0.29, 0.717) is 23.8 Å². The lowest BCUT2D eigenvalue weighted by Crippen LogP contribution is -2.26. The van der Waals surface area contributed by atoms with Crippen LogP contribution in [0.25, 0.3) is 0 Å². The van der Waals surface area contributed by atoms with Gasteiger partial charge in [0, 0.05) is 54.9 Å². The fraction of sp³-hybridized carbons (Fsp3) is 0.252. The van der Waals surface area contributed by atoms with Crippen LogP contribution in [-0.2, 0) is 54.0 Å². The van der Waals surface area contributed by atoms with E-state index in [4.69, 9.17) is 0 Å². The summed E-state index contributed by atoms with van der Waals surface area (Å²) in [6, 6.07) is 114. The first-order chi connectivity index (χ1) is 64.1. The van der Waals surface area contributed by atoms with Crippen LogP contribution in [-0.4, -0.2) is 88.6 Å². The number of hydrogen-bond acceptors (Lipinski definition) is 10. The molecule has 0 saturated carbocycles. The van der Waals surface area contributed by atoms with Crippen LogP contribution < -0.4 is 21.3 Å². The Kier molecular flexibility index (Phi) is 49.1. The second-order valence-electron chi connectivity index (χ2n) is 31.6. The summed E-state index contributed by atoms with van der Waals surface area (Å²) < 4.78 is 43.4. The standard InChI is InChI=1S/C25H25Br2NOS.C25H27NOS.C24H23F2NOS.C19H21Br2NOS.C18H20O2S/c26-22-13-9-20(10-14-22)25(21-11-15-23(27)16-12-21)30-18-24(29)28-17-5-4-8-19-6-2-1-3-7-19;27-24(26-19-11-10-14-21-12-4-1-5-13-21)20-28-25(22-15-6-2-7-16-22)23-17-8-3-9-18-23;25-21-12-8-19(9-13-21)24(20-10-14-22(26)15-11-20)29-17-23(28)27-16-4-7-18-5-2-1-3-6-18;1-2-3-12-22-18(23)13-24-19(14-4-8-16(20)9-5-14)15-6-10-17(21)11-7-15;1-13-4-8-16(9-5-13)18(21(20)12-15(3)19)17-10-6-14(2)7-11-17/h1-3,6-7,9-16,25H,4-5,8,17-18H2,(H,28,29);1-9,12-13,15-18,25H,10-11,14,19-20H2,(H,26,27);1-3,5-6,8-15,24H,4,7,16-17H2,(H,27,28);4-11,19H,2-3,12-13H2,1H3,(H,22,23);4-11,18H,12H2,1-3H3. The largest absolute Gasteiger partial charge is 0.355 e. The second kappa shape index (κ2) is 60.9. The number of carbonyl (C=O) groups excluding carboxylic acids is 5. The van der Waals surface area contributed by atoms with Gasteiger partial charge >= 0.3 is 0 Å². The summed E-state index contributed by atoms with van der Waals surface area (Å²) in [5, 5.41) is 12.1. The molecule has 4 N–H and O–H groups in total. The number of Topliss-reactive ketones (excluding diaryl/α,β-unsaturated/α-hetero) is 1. The lowest BCUT2D eigenvalue weighted by Gasteiger charge is -2.18. The quantitative estimate of drug-likeness (QED) is 0.0272. The highest BCUT2D eigenvalue weighted by molar-refractivity contribution is 9.11. The number of nitrogens with one attached hydrogen (secondary N) is 4. The molecule has 0 aliphatic carbocycles. The highest BCUT2D eigenvalue weighted by atomic mass is 79.9. The fourth-order valence-corrected chi connectivity index (χ4v) is 21.0. The summed E-state index contributed by atoms with van der Waals surface area (Å²) in [4.78, 5) is 60.4. The number of ketones is 1. The minimum absolute atomic E-state index is 0.0439. The summed E-state index contributed by atoms with van der Waals surface area (Å²) in [5.74, 6) is 1.32. The van der Waals surface area contributed by atoms with Crippen LogP contribution in [0.2, 0.25) is 0 Å². The van der Waals surface area contributed by atoms with Crippen molar-refractivity contribution >= 4 is 151 Å². The van der Waals surface area contributed by atoms with E-state index in [1.165, 1.54) is 104 Å². The molecule has 0 aliphatic rings. The molecule has 0 heterocycles. The minimum Gasteiger partial charge on any atom is -0.355 e. The van der Waals surface area contributed by atoms with Crippen LogP contribution in [0, 0.1) is 25.5 Å². The molecule has 13 aromatic carbocycles. The molecule has 4 amide bonds. The van der Waals surface area contributed by atoms with Crippen molar-refractivity contribution in [3.05, 3.63) is 459 Å². The average Bonchev–Trinajstić information content (AvgIpc) is 0.820. The number of halogens is 6. The average molecular weight is 2120 g/mol. The topological polar surface area (TPSA) is 151 Å². The number of benzene rings is 13. The number of aryl methyl sites for hydroxylation is 5. The Morgan fingerprint density at radius 1 is 0.295 bits per heavy atom. The molecular weight excluding hydrogens is 2000 g/mol. The molecular formula is C111H116Br4F2N4O6S5. The number of unbranched alkanes of at least 4 members (excludes halogenated alkanes) is 3. The van der Waals surface area contributed by atoms with Gasteiger partial charge in [0.1, 0.15) is 17.4 Å². The fourth-order valence-electron chi connectivity index (χ4n) is 13.9. The van der Waals surface area contributed by atoms with Crippen molar-refractivity contribution in [3.8, 4) is 0 Å². The number of carbonyl (C=O) groups is 5. The van der Waals surface area contributed by atoms with Gasteiger partial charge in [0.25, 0.3) is 0 Å². The molecule has 0 spiro atoms. The van der Waals surface area contributed by atoms with E-state index >= 15 is 0 Å². The maximum Gasteiger partial charge on any atom is 0.230 e. The molecule has 1 atom stereocenters. The Bertz CT molecular complexity index is 5310. The van der Waals surface area contributed by atoms with Crippen molar-refractivity contribution in [2.24, 2.45) is 0 Å². The number of rotatable bonds is 42. The Hall–Kier alpha value is -9.26. The van der Waals surface area contributed by atoms with E-state index in [2.05, 4.69) is 274 Å². The minimum atomic E-state index is -1.25. The molecule has 1 unspecified atom stereocenters. The van der Waals surface area contributed by atoms with Crippen molar-refractivity contribution in [2.75, 3.05) is 54.9 Å². The number of amides is 4. The third-order valence-corrected chi connectivity index (χ3v) is 30.0. The summed E-state index contributed by atoms with van der Waals surface area (Å²) in [7, 11) is -1.25. The van der Waals surface area contributed by atoms with Gasteiger partial charge in [-0.05, 0) is 224 Å². The summed E-state index contributed by atoms with van der Waals surface area (Å²) in [6.07, 6.45) is 10.2. The number of thioether (sulfide) groups is 4.